The zero-order valence-electron chi connectivity index (χ0n) is 11.8. The van der Waals surface area contributed by atoms with Crippen LogP contribution in [0.4, 0.5) is 0 Å². The first kappa shape index (κ1) is 15.2. The van der Waals surface area contributed by atoms with Crippen molar-refractivity contribution in [1.82, 2.24) is 9.66 Å². The lowest BCUT2D eigenvalue weighted by atomic mass is 10.2. The number of aryl methyl sites for hydroxylation is 2. The third kappa shape index (κ3) is 2.56. The van der Waals surface area contributed by atoms with E-state index in [-0.39, 0.29) is 5.56 Å². The highest BCUT2D eigenvalue weighted by Gasteiger charge is 2.11. The molecule has 0 radical (unpaired) electrons. The Morgan fingerprint density at radius 3 is 2.64 bits per heavy atom. The van der Waals surface area contributed by atoms with Crippen molar-refractivity contribution in [2.24, 2.45) is 5.10 Å². The molecule has 0 N–H and O–H groups in total. The number of halogens is 2. The van der Waals surface area contributed by atoms with Gasteiger partial charge in [-0.15, -0.1) is 11.3 Å². The fourth-order valence-electron chi connectivity index (χ4n) is 2.06. The van der Waals surface area contributed by atoms with Gasteiger partial charge >= 0.3 is 0 Å². The van der Waals surface area contributed by atoms with Gasteiger partial charge in [0.05, 0.1) is 21.6 Å². The van der Waals surface area contributed by atoms with Crippen LogP contribution >= 0.6 is 34.5 Å². The lowest BCUT2D eigenvalue weighted by molar-refractivity contribution is 0.818. The molecule has 22 heavy (non-hydrogen) atoms. The number of benzene rings is 1. The van der Waals surface area contributed by atoms with Gasteiger partial charge in [-0.25, -0.2) is 4.98 Å². The van der Waals surface area contributed by atoms with Crippen molar-refractivity contribution in [3.8, 4) is 0 Å². The predicted octanol–water partition coefficient (Wildman–Crippen LogP) is 4.26. The fraction of sp³-hybridized carbons (Fsp3) is 0.133. The molecule has 0 aliphatic heterocycles. The Hall–Kier alpha value is -1.69. The zero-order chi connectivity index (χ0) is 15.9. The van der Waals surface area contributed by atoms with Crippen LogP contribution in [-0.2, 0) is 0 Å². The first-order valence-corrected chi connectivity index (χ1v) is 8.02. The van der Waals surface area contributed by atoms with Crippen LogP contribution < -0.4 is 5.56 Å². The van der Waals surface area contributed by atoms with Crippen LogP contribution in [0.25, 0.3) is 10.2 Å². The van der Waals surface area contributed by atoms with Gasteiger partial charge in [-0.3, -0.25) is 4.79 Å². The zero-order valence-corrected chi connectivity index (χ0v) is 14.1. The third-order valence-electron chi connectivity index (χ3n) is 3.38. The van der Waals surface area contributed by atoms with Crippen LogP contribution in [0.15, 0.2) is 34.4 Å². The Labute approximate surface area is 140 Å². The molecule has 0 saturated heterocycles. The quantitative estimate of drug-likeness (QED) is 0.647. The number of hydrogen-bond acceptors (Lipinski definition) is 4. The Balaban J connectivity index is 2.12. The number of fused-ring (bicyclic) bond motifs is 1. The monoisotopic (exact) mass is 351 g/mol. The Morgan fingerprint density at radius 2 is 1.95 bits per heavy atom. The minimum Gasteiger partial charge on any atom is -0.267 e. The van der Waals surface area contributed by atoms with E-state index in [1.54, 1.807) is 18.2 Å². The Bertz CT molecular complexity index is 939. The Kier molecular flexibility index (Phi) is 4.04. The molecule has 2 aromatic heterocycles. The van der Waals surface area contributed by atoms with Gasteiger partial charge in [-0.2, -0.15) is 9.78 Å². The van der Waals surface area contributed by atoms with Gasteiger partial charge in [-0.05, 0) is 31.5 Å². The van der Waals surface area contributed by atoms with E-state index in [1.807, 2.05) is 13.8 Å². The second-order valence-electron chi connectivity index (χ2n) is 4.74. The van der Waals surface area contributed by atoms with E-state index in [0.717, 1.165) is 15.3 Å². The lowest BCUT2D eigenvalue weighted by Crippen LogP contribution is -2.17. The molecular formula is C15H11Cl2N3OS. The lowest BCUT2D eigenvalue weighted by Gasteiger charge is -2.01. The number of nitrogens with zero attached hydrogens (tertiary/aromatic N) is 3. The van der Waals surface area contributed by atoms with Gasteiger partial charge in [-0.1, -0.05) is 29.3 Å². The molecule has 0 saturated carbocycles. The summed E-state index contributed by atoms with van der Waals surface area (Å²) in [5.41, 5.74) is 1.31. The molecule has 2 heterocycles. The summed E-state index contributed by atoms with van der Waals surface area (Å²) in [6, 6.07) is 5.18. The van der Waals surface area contributed by atoms with E-state index in [9.17, 15) is 4.79 Å². The van der Waals surface area contributed by atoms with E-state index < -0.39 is 0 Å². The molecule has 7 heteroatoms. The van der Waals surface area contributed by atoms with Gasteiger partial charge < -0.3 is 0 Å². The van der Waals surface area contributed by atoms with Gasteiger partial charge in [0.2, 0.25) is 0 Å². The van der Waals surface area contributed by atoms with Gasteiger partial charge in [0.15, 0.2) is 0 Å². The topological polar surface area (TPSA) is 47.2 Å². The molecule has 112 valence electrons. The van der Waals surface area contributed by atoms with Crippen molar-refractivity contribution in [3.05, 3.63) is 60.9 Å². The summed E-state index contributed by atoms with van der Waals surface area (Å²) in [5, 5.41) is 5.70. The van der Waals surface area contributed by atoms with Crippen molar-refractivity contribution in [1.29, 1.82) is 0 Å². The molecule has 1 aromatic carbocycles. The smallest absolute Gasteiger partial charge is 0.267 e. The number of aromatic nitrogens is 2. The molecule has 0 amide bonds. The van der Waals surface area contributed by atoms with Crippen molar-refractivity contribution in [3.63, 3.8) is 0 Å². The molecule has 4 nitrogen and oxygen atoms in total. The highest BCUT2D eigenvalue weighted by Crippen LogP contribution is 2.25. The maximum Gasteiger partial charge on any atom is 0.282 e. The van der Waals surface area contributed by atoms with E-state index in [2.05, 4.69) is 10.1 Å². The van der Waals surface area contributed by atoms with Gasteiger partial charge in [0.1, 0.15) is 11.2 Å². The molecule has 3 aromatic rings. The maximum atomic E-state index is 12.5. The highest BCUT2D eigenvalue weighted by atomic mass is 35.5. The average Bonchev–Trinajstić information content (AvgIpc) is 2.76. The molecule has 0 bridgehead atoms. The third-order valence-corrected chi connectivity index (χ3v) is 5.16. The fourth-order valence-corrected chi connectivity index (χ4v) is 3.54. The van der Waals surface area contributed by atoms with Crippen molar-refractivity contribution in [2.45, 2.75) is 13.8 Å². The van der Waals surface area contributed by atoms with Crippen molar-refractivity contribution in [2.75, 3.05) is 0 Å². The Morgan fingerprint density at radius 1 is 1.27 bits per heavy atom. The van der Waals surface area contributed by atoms with Gasteiger partial charge in [0, 0.05) is 10.4 Å². The largest absolute Gasteiger partial charge is 0.282 e. The van der Waals surface area contributed by atoms with E-state index in [1.165, 1.54) is 28.6 Å². The molecule has 3 rings (SSSR count). The minimum absolute atomic E-state index is 0.203. The normalized spacial score (nSPS) is 11.6. The van der Waals surface area contributed by atoms with Crippen LogP contribution in [-0.4, -0.2) is 15.9 Å². The average molecular weight is 352 g/mol. The molecular weight excluding hydrogens is 341 g/mol. The summed E-state index contributed by atoms with van der Waals surface area (Å²) in [4.78, 5) is 18.6. The van der Waals surface area contributed by atoms with E-state index in [4.69, 9.17) is 23.2 Å². The molecule has 0 unspecified atom stereocenters. The SMILES string of the molecule is Cc1sc2ncn(/N=C/c3c(Cl)cccc3Cl)c(=O)c2c1C. The first-order valence-electron chi connectivity index (χ1n) is 6.44. The van der Waals surface area contributed by atoms with Crippen LogP contribution in [0.1, 0.15) is 16.0 Å². The van der Waals surface area contributed by atoms with E-state index >= 15 is 0 Å². The van der Waals surface area contributed by atoms with Crippen molar-refractivity contribution < 1.29 is 0 Å². The van der Waals surface area contributed by atoms with Crippen LogP contribution in [0.3, 0.4) is 0 Å². The number of thiophene rings is 1. The summed E-state index contributed by atoms with van der Waals surface area (Å²) in [7, 11) is 0. The molecule has 0 fully saturated rings. The predicted molar refractivity (Wildman–Crippen MR) is 92.8 cm³/mol. The van der Waals surface area contributed by atoms with Crippen LogP contribution in [0.5, 0.6) is 0 Å². The van der Waals surface area contributed by atoms with Crippen LogP contribution in [0, 0.1) is 13.8 Å². The second-order valence-corrected chi connectivity index (χ2v) is 6.76. The summed E-state index contributed by atoms with van der Waals surface area (Å²) in [5.74, 6) is 0. The summed E-state index contributed by atoms with van der Waals surface area (Å²) >= 11 is 13.7. The summed E-state index contributed by atoms with van der Waals surface area (Å²) in [6.45, 7) is 3.88. The van der Waals surface area contributed by atoms with Crippen LogP contribution in [0.2, 0.25) is 10.0 Å². The number of rotatable bonds is 2. The minimum atomic E-state index is -0.203. The molecule has 0 aliphatic carbocycles. The molecule has 0 atom stereocenters. The summed E-state index contributed by atoms with van der Waals surface area (Å²) in [6.07, 6.45) is 2.87. The maximum absolute atomic E-state index is 12.5. The number of hydrogen-bond donors (Lipinski definition) is 0. The second kappa shape index (κ2) is 5.83. The molecule has 0 spiro atoms. The summed E-state index contributed by atoms with van der Waals surface area (Å²) < 4.78 is 1.20. The van der Waals surface area contributed by atoms with E-state index in [0.29, 0.717) is 21.0 Å². The highest BCUT2D eigenvalue weighted by molar-refractivity contribution is 7.18. The standard InChI is InChI=1S/C15H11Cl2N3OS/c1-8-9(2)22-14-13(8)15(21)20(7-18-14)19-6-10-11(16)4-3-5-12(10)17/h3-7H,1-2H3/b19-6+. The van der Waals surface area contributed by atoms with Gasteiger partial charge in [0.25, 0.3) is 5.56 Å². The molecule has 0 aliphatic rings. The first-order chi connectivity index (χ1) is 10.5. The van der Waals surface area contributed by atoms with Crippen molar-refractivity contribution >= 4 is 51.0 Å².